The Bertz CT molecular complexity index is 2210. The number of carbonyl (C=O) groups excluding carboxylic acids is 1. The Morgan fingerprint density at radius 3 is 2.61 bits per heavy atom. The number of nitrogens with zero attached hydrogens (tertiary/aromatic N) is 8. The van der Waals surface area contributed by atoms with Gasteiger partial charge >= 0.3 is 11.7 Å². The molecule has 2 N–H and O–H groups in total. The van der Waals surface area contributed by atoms with E-state index < -0.39 is 23.1 Å². The summed E-state index contributed by atoms with van der Waals surface area (Å²) in [6.07, 6.45) is 6.59. The number of anilines is 1. The van der Waals surface area contributed by atoms with Crippen molar-refractivity contribution in [2.75, 3.05) is 19.4 Å². The first-order valence-electron chi connectivity index (χ1n) is 13.2. The maximum Gasteiger partial charge on any atom is 0.337 e. The number of H-pyrrole nitrogens is 1. The average molecular weight is 591 g/mol. The summed E-state index contributed by atoms with van der Waals surface area (Å²) in [5.74, 6) is -0.119. The van der Waals surface area contributed by atoms with E-state index in [-0.39, 0.29) is 22.4 Å². The minimum absolute atomic E-state index is 0.136. The molecular weight excluding hydrogens is 567 g/mol. The Morgan fingerprint density at radius 2 is 1.89 bits per heavy atom. The Kier molecular flexibility index (Phi) is 7.13. The third kappa shape index (κ3) is 5.03. The fraction of sp³-hybridized carbons (Fsp3) is 0.100. The number of halogens is 1. The van der Waals surface area contributed by atoms with E-state index in [1.165, 1.54) is 16.8 Å². The topological polar surface area (TPSA) is 160 Å². The highest BCUT2D eigenvalue weighted by atomic mass is 19.1. The summed E-state index contributed by atoms with van der Waals surface area (Å²) in [4.78, 5) is 52.6. The number of amides is 1. The second kappa shape index (κ2) is 11.2. The van der Waals surface area contributed by atoms with E-state index in [0.717, 1.165) is 11.1 Å². The van der Waals surface area contributed by atoms with Crippen LogP contribution >= 0.6 is 0 Å². The smallest absolute Gasteiger partial charge is 0.304 e. The first kappa shape index (κ1) is 27.9. The molecule has 0 spiro atoms. The zero-order chi connectivity index (χ0) is 31.0. The summed E-state index contributed by atoms with van der Waals surface area (Å²) in [7, 11) is 3.76. The van der Waals surface area contributed by atoms with Gasteiger partial charge in [-0.3, -0.25) is 9.78 Å². The minimum Gasteiger partial charge on any atom is -0.304 e. The molecule has 14 heteroatoms. The lowest BCUT2D eigenvalue weighted by atomic mass is 10.1. The Hall–Kier alpha value is -6.20. The zero-order valence-electron chi connectivity index (χ0n) is 23.4. The molecule has 0 saturated carbocycles. The molecular formula is C30H23FN10O3. The van der Waals surface area contributed by atoms with Gasteiger partial charge in [0.25, 0.3) is 5.56 Å². The highest BCUT2D eigenvalue weighted by Crippen LogP contribution is 2.24. The van der Waals surface area contributed by atoms with Crippen LogP contribution in [0.5, 0.6) is 0 Å². The van der Waals surface area contributed by atoms with Crippen molar-refractivity contribution in [3.05, 3.63) is 118 Å². The van der Waals surface area contributed by atoms with Gasteiger partial charge in [-0.1, -0.05) is 18.2 Å². The number of carbonyl (C=O) groups is 1. The quantitative estimate of drug-likeness (QED) is 0.299. The van der Waals surface area contributed by atoms with Crippen molar-refractivity contribution in [1.29, 1.82) is 5.26 Å². The van der Waals surface area contributed by atoms with Gasteiger partial charge in [0.1, 0.15) is 23.2 Å². The van der Waals surface area contributed by atoms with E-state index >= 15 is 4.39 Å². The maximum atomic E-state index is 15.2. The molecule has 218 valence electrons. The first-order valence-corrected chi connectivity index (χ1v) is 13.2. The molecule has 4 heterocycles. The Balaban J connectivity index is 1.38. The van der Waals surface area contributed by atoms with Crippen LogP contribution in [0.25, 0.3) is 33.5 Å². The molecule has 0 radical (unpaired) electrons. The number of benzene rings is 2. The predicted octanol–water partition coefficient (Wildman–Crippen LogP) is 3.28. The summed E-state index contributed by atoms with van der Waals surface area (Å²) in [6, 6.07) is 15.3. The van der Waals surface area contributed by atoms with E-state index in [4.69, 9.17) is 0 Å². The van der Waals surface area contributed by atoms with Gasteiger partial charge in [0.05, 0.1) is 17.9 Å². The van der Waals surface area contributed by atoms with E-state index in [1.54, 1.807) is 59.7 Å². The fourth-order valence-corrected chi connectivity index (χ4v) is 4.79. The van der Waals surface area contributed by atoms with Crippen LogP contribution in [0.2, 0.25) is 0 Å². The van der Waals surface area contributed by atoms with E-state index in [0.29, 0.717) is 28.3 Å². The predicted molar refractivity (Wildman–Crippen MR) is 159 cm³/mol. The fourth-order valence-electron chi connectivity index (χ4n) is 4.79. The second-order valence-corrected chi connectivity index (χ2v) is 10.0. The van der Waals surface area contributed by atoms with Crippen molar-refractivity contribution in [1.82, 2.24) is 38.8 Å². The molecule has 0 fully saturated rings. The van der Waals surface area contributed by atoms with Gasteiger partial charge in [0, 0.05) is 42.1 Å². The van der Waals surface area contributed by atoms with Crippen LogP contribution < -0.4 is 16.6 Å². The van der Waals surface area contributed by atoms with Crippen LogP contribution in [-0.2, 0) is 6.54 Å². The molecule has 2 aromatic carbocycles. The number of fused-ring (bicyclic) bond motifs is 1. The SMILES string of the molecule is CN(C)Cc1nccn1-c1ccc(NC(=O)n2c(=O)[nH]c3c(C#N)nn(-c4cccc(-c5cccnc5)c4)c3c2=O)c(F)c1. The second-order valence-electron chi connectivity index (χ2n) is 10.0. The van der Waals surface area contributed by atoms with Crippen LogP contribution in [0.1, 0.15) is 11.5 Å². The lowest BCUT2D eigenvalue weighted by Crippen LogP contribution is -2.42. The van der Waals surface area contributed by atoms with Crippen LogP contribution in [0, 0.1) is 17.1 Å². The third-order valence-corrected chi connectivity index (χ3v) is 6.77. The van der Waals surface area contributed by atoms with Crippen LogP contribution in [0.3, 0.4) is 0 Å². The normalized spacial score (nSPS) is 11.2. The van der Waals surface area contributed by atoms with Crippen molar-refractivity contribution in [3.63, 3.8) is 0 Å². The number of nitriles is 1. The summed E-state index contributed by atoms with van der Waals surface area (Å²) >= 11 is 0. The standard InChI is InChI=1S/C30H23FN10O3/c1-38(2)17-25-34-11-12-39(25)20-8-9-23(22(31)14-20)35-29(43)40-28(42)27-26(36-30(40)44)24(15-32)37-41(27)21-7-3-5-18(13-21)19-6-4-10-33-16-19/h3-14,16H,17H2,1-2H3,(H,35,43)(H,36,44). The molecule has 0 atom stereocenters. The summed E-state index contributed by atoms with van der Waals surface area (Å²) in [5.41, 5.74) is -0.591. The van der Waals surface area contributed by atoms with Gasteiger partial charge < -0.3 is 19.8 Å². The number of rotatable bonds is 6. The number of imidazole rings is 1. The lowest BCUT2D eigenvalue weighted by molar-refractivity contribution is 0.252. The van der Waals surface area contributed by atoms with E-state index in [2.05, 4.69) is 25.4 Å². The molecule has 0 bridgehead atoms. The summed E-state index contributed by atoms with van der Waals surface area (Å²) in [6.45, 7) is 0.513. The Labute approximate surface area is 248 Å². The number of hydrogen-bond donors (Lipinski definition) is 2. The largest absolute Gasteiger partial charge is 0.337 e. The van der Waals surface area contributed by atoms with Crippen LogP contribution in [0.15, 0.2) is 89.0 Å². The van der Waals surface area contributed by atoms with E-state index in [1.807, 2.05) is 37.2 Å². The number of nitrogens with one attached hydrogen (secondary N) is 2. The molecule has 6 aromatic rings. The first-order chi connectivity index (χ1) is 21.2. The van der Waals surface area contributed by atoms with Crippen molar-refractivity contribution in [2.24, 2.45) is 0 Å². The zero-order valence-corrected chi connectivity index (χ0v) is 23.4. The number of aromatic nitrogens is 7. The minimum atomic E-state index is -1.20. The molecule has 1 amide bonds. The van der Waals surface area contributed by atoms with Gasteiger partial charge in [-0.2, -0.15) is 14.9 Å². The van der Waals surface area contributed by atoms with Crippen LogP contribution in [0.4, 0.5) is 14.9 Å². The highest BCUT2D eigenvalue weighted by Gasteiger charge is 2.23. The molecule has 0 aliphatic heterocycles. The third-order valence-electron chi connectivity index (χ3n) is 6.77. The lowest BCUT2D eigenvalue weighted by Gasteiger charge is -2.13. The molecule has 0 aliphatic carbocycles. The monoisotopic (exact) mass is 590 g/mol. The van der Waals surface area contributed by atoms with Gasteiger partial charge in [-0.15, -0.1) is 0 Å². The van der Waals surface area contributed by atoms with Crippen molar-refractivity contribution in [3.8, 4) is 28.6 Å². The van der Waals surface area contributed by atoms with Gasteiger partial charge in [-0.25, -0.2) is 23.6 Å². The number of hydrogen-bond acceptors (Lipinski definition) is 8. The Morgan fingerprint density at radius 1 is 1.07 bits per heavy atom. The number of aromatic amines is 1. The van der Waals surface area contributed by atoms with Gasteiger partial charge in [0.15, 0.2) is 11.2 Å². The van der Waals surface area contributed by atoms with Gasteiger partial charge in [0.2, 0.25) is 0 Å². The van der Waals surface area contributed by atoms with Gasteiger partial charge in [-0.05, 0) is 50.0 Å². The number of pyridine rings is 1. The maximum absolute atomic E-state index is 15.2. The summed E-state index contributed by atoms with van der Waals surface area (Å²) in [5, 5.41) is 16.2. The summed E-state index contributed by atoms with van der Waals surface area (Å²) < 4.78 is 18.4. The molecule has 0 aliphatic rings. The molecule has 0 unspecified atom stereocenters. The molecule has 0 saturated heterocycles. The molecule has 13 nitrogen and oxygen atoms in total. The van der Waals surface area contributed by atoms with E-state index in [9.17, 15) is 19.6 Å². The van der Waals surface area contributed by atoms with Crippen molar-refractivity contribution >= 4 is 22.8 Å². The van der Waals surface area contributed by atoms with Crippen molar-refractivity contribution < 1.29 is 9.18 Å². The highest BCUT2D eigenvalue weighted by molar-refractivity contribution is 5.93. The molecule has 44 heavy (non-hydrogen) atoms. The molecule has 4 aromatic heterocycles. The van der Waals surface area contributed by atoms with Crippen LogP contribution in [-0.4, -0.2) is 58.9 Å². The molecule has 6 rings (SSSR count). The van der Waals surface area contributed by atoms with Crippen molar-refractivity contribution in [2.45, 2.75) is 6.54 Å². The average Bonchev–Trinajstić information content (AvgIpc) is 3.63.